The molecule has 0 spiro atoms. The maximum absolute atomic E-state index is 13.5. The number of nitro benzene ring substituents is 1. The van der Waals surface area contributed by atoms with E-state index in [4.69, 9.17) is 5.11 Å². The SMILES string of the molecule is CC(C)N(CCCO)c1cccc(F)c1[N+](=O)[O-]. The van der Waals surface area contributed by atoms with E-state index in [2.05, 4.69) is 0 Å². The highest BCUT2D eigenvalue weighted by Crippen LogP contribution is 2.31. The summed E-state index contributed by atoms with van der Waals surface area (Å²) in [5.41, 5.74) is -0.257. The van der Waals surface area contributed by atoms with E-state index in [0.29, 0.717) is 13.0 Å². The highest BCUT2D eigenvalue weighted by molar-refractivity contribution is 5.64. The maximum Gasteiger partial charge on any atom is 0.327 e. The van der Waals surface area contributed by atoms with Gasteiger partial charge >= 0.3 is 5.69 Å². The van der Waals surface area contributed by atoms with Crippen molar-refractivity contribution in [2.24, 2.45) is 0 Å². The van der Waals surface area contributed by atoms with E-state index >= 15 is 0 Å². The number of nitro groups is 1. The van der Waals surface area contributed by atoms with Crippen LogP contribution in [0.2, 0.25) is 0 Å². The molecular formula is C12H17FN2O3. The van der Waals surface area contributed by atoms with Gasteiger partial charge in [-0.05, 0) is 32.4 Å². The van der Waals surface area contributed by atoms with Crippen molar-refractivity contribution in [2.45, 2.75) is 26.3 Å². The Balaban J connectivity index is 3.19. The lowest BCUT2D eigenvalue weighted by atomic mass is 10.2. The van der Waals surface area contributed by atoms with E-state index in [-0.39, 0.29) is 18.3 Å². The Kier molecular flexibility index (Phi) is 5.03. The van der Waals surface area contributed by atoms with Crippen molar-refractivity contribution in [3.05, 3.63) is 34.1 Å². The molecule has 0 aliphatic rings. The minimum absolute atomic E-state index is 0.00761. The molecule has 0 saturated heterocycles. The molecule has 0 unspecified atom stereocenters. The Morgan fingerprint density at radius 2 is 2.17 bits per heavy atom. The Bertz CT molecular complexity index is 424. The van der Waals surface area contributed by atoms with Gasteiger partial charge in [-0.2, -0.15) is 4.39 Å². The van der Waals surface area contributed by atoms with Crippen LogP contribution in [0.4, 0.5) is 15.8 Å². The molecule has 0 amide bonds. The summed E-state index contributed by atoms with van der Waals surface area (Å²) in [5, 5.41) is 19.8. The third-order valence-corrected chi connectivity index (χ3v) is 2.64. The minimum atomic E-state index is -0.841. The van der Waals surface area contributed by atoms with Crippen LogP contribution in [-0.2, 0) is 0 Å². The largest absolute Gasteiger partial charge is 0.396 e. The summed E-state index contributed by atoms with van der Waals surface area (Å²) in [6.07, 6.45) is 0.478. The summed E-state index contributed by atoms with van der Waals surface area (Å²) in [6, 6.07) is 4.04. The predicted molar refractivity (Wildman–Crippen MR) is 67.2 cm³/mol. The molecule has 0 aliphatic heterocycles. The molecule has 0 aromatic heterocycles. The van der Waals surface area contributed by atoms with Crippen LogP contribution in [-0.4, -0.2) is 29.2 Å². The molecule has 100 valence electrons. The second kappa shape index (κ2) is 6.30. The van der Waals surface area contributed by atoms with Crippen molar-refractivity contribution in [1.82, 2.24) is 0 Å². The van der Waals surface area contributed by atoms with Crippen LogP contribution in [0, 0.1) is 15.9 Å². The van der Waals surface area contributed by atoms with E-state index < -0.39 is 16.4 Å². The molecule has 1 N–H and O–H groups in total. The Labute approximate surface area is 105 Å². The molecule has 5 nitrogen and oxygen atoms in total. The van der Waals surface area contributed by atoms with E-state index in [9.17, 15) is 14.5 Å². The number of aliphatic hydroxyl groups excluding tert-OH is 1. The molecule has 0 heterocycles. The fourth-order valence-corrected chi connectivity index (χ4v) is 1.81. The lowest BCUT2D eigenvalue weighted by molar-refractivity contribution is -0.386. The molecule has 0 saturated carbocycles. The monoisotopic (exact) mass is 256 g/mol. The summed E-state index contributed by atoms with van der Waals surface area (Å²) in [7, 11) is 0. The van der Waals surface area contributed by atoms with Gasteiger partial charge in [0.25, 0.3) is 0 Å². The predicted octanol–water partition coefficient (Wildman–Crippen LogP) is 2.33. The smallest absolute Gasteiger partial charge is 0.327 e. The van der Waals surface area contributed by atoms with E-state index in [1.54, 1.807) is 4.90 Å². The van der Waals surface area contributed by atoms with Gasteiger partial charge in [0.2, 0.25) is 5.82 Å². The van der Waals surface area contributed by atoms with Crippen LogP contribution in [0.25, 0.3) is 0 Å². The first kappa shape index (κ1) is 14.4. The van der Waals surface area contributed by atoms with Crippen molar-refractivity contribution in [1.29, 1.82) is 0 Å². The molecule has 1 aromatic rings. The molecule has 1 aromatic carbocycles. The van der Waals surface area contributed by atoms with E-state index in [1.165, 1.54) is 12.1 Å². The molecule has 0 aliphatic carbocycles. The third-order valence-electron chi connectivity index (χ3n) is 2.64. The minimum Gasteiger partial charge on any atom is -0.396 e. The number of nitrogens with zero attached hydrogens (tertiary/aromatic N) is 2. The summed E-state index contributed by atoms with van der Waals surface area (Å²) >= 11 is 0. The van der Waals surface area contributed by atoms with Crippen LogP contribution in [0.3, 0.4) is 0 Å². The van der Waals surface area contributed by atoms with Gasteiger partial charge in [0.15, 0.2) is 0 Å². The number of halogens is 1. The van der Waals surface area contributed by atoms with Crippen LogP contribution in [0.5, 0.6) is 0 Å². The standard InChI is InChI=1S/C12H17FN2O3/c1-9(2)14(7-4-8-16)11-6-3-5-10(13)12(11)15(17)18/h3,5-6,9,16H,4,7-8H2,1-2H3. The maximum atomic E-state index is 13.5. The zero-order valence-corrected chi connectivity index (χ0v) is 10.5. The highest BCUT2D eigenvalue weighted by atomic mass is 19.1. The number of para-hydroxylation sites is 1. The van der Waals surface area contributed by atoms with Crippen LogP contribution >= 0.6 is 0 Å². The van der Waals surface area contributed by atoms with Crippen LogP contribution < -0.4 is 4.90 Å². The lowest BCUT2D eigenvalue weighted by Crippen LogP contribution is -2.32. The summed E-state index contributed by atoms with van der Waals surface area (Å²) in [5.74, 6) is -0.841. The number of benzene rings is 1. The number of hydrogen-bond donors (Lipinski definition) is 1. The van der Waals surface area contributed by atoms with Gasteiger partial charge in [-0.1, -0.05) is 6.07 Å². The first-order valence-corrected chi connectivity index (χ1v) is 5.79. The fraction of sp³-hybridized carbons (Fsp3) is 0.500. The average Bonchev–Trinajstić information content (AvgIpc) is 2.28. The molecule has 0 fully saturated rings. The van der Waals surface area contributed by atoms with Crippen molar-refractivity contribution in [3.63, 3.8) is 0 Å². The highest BCUT2D eigenvalue weighted by Gasteiger charge is 2.25. The Morgan fingerprint density at radius 1 is 1.50 bits per heavy atom. The van der Waals surface area contributed by atoms with Crippen molar-refractivity contribution in [3.8, 4) is 0 Å². The van der Waals surface area contributed by atoms with Crippen LogP contribution in [0.15, 0.2) is 18.2 Å². The number of aliphatic hydroxyl groups is 1. The topological polar surface area (TPSA) is 66.6 Å². The van der Waals surface area contributed by atoms with Gasteiger partial charge in [0, 0.05) is 19.2 Å². The first-order valence-electron chi connectivity index (χ1n) is 5.79. The van der Waals surface area contributed by atoms with Crippen molar-refractivity contribution >= 4 is 11.4 Å². The fourth-order valence-electron chi connectivity index (χ4n) is 1.81. The molecule has 18 heavy (non-hydrogen) atoms. The molecule has 1 rings (SSSR count). The van der Waals surface area contributed by atoms with Gasteiger partial charge in [0.05, 0.1) is 4.92 Å². The van der Waals surface area contributed by atoms with Crippen molar-refractivity contribution < 1.29 is 14.4 Å². The normalized spacial score (nSPS) is 10.7. The van der Waals surface area contributed by atoms with E-state index in [1.807, 2.05) is 13.8 Å². The second-order valence-corrected chi connectivity index (χ2v) is 4.23. The van der Waals surface area contributed by atoms with Gasteiger partial charge in [0.1, 0.15) is 5.69 Å². The first-order chi connectivity index (χ1) is 8.49. The molecule has 6 heteroatoms. The molecule has 0 bridgehead atoms. The summed E-state index contributed by atoms with van der Waals surface area (Å²) in [6.45, 7) is 4.17. The quantitative estimate of drug-likeness (QED) is 0.626. The second-order valence-electron chi connectivity index (χ2n) is 4.23. The van der Waals surface area contributed by atoms with Gasteiger partial charge < -0.3 is 10.0 Å². The zero-order valence-electron chi connectivity index (χ0n) is 10.5. The third kappa shape index (κ3) is 3.16. The van der Waals surface area contributed by atoms with Crippen molar-refractivity contribution in [2.75, 3.05) is 18.1 Å². The molecule has 0 radical (unpaired) electrons. The zero-order chi connectivity index (χ0) is 13.7. The molecular weight excluding hydrogens is 239 g/mol. The lowest BCUT2D eigenvalue weighted by Gasteiger charge is -2.28. The van der Waals surface area contributed by atoms with Gasteiger partial charge in [-0.3, -0.25) is 10.1 Å². The van der Waals surface area contributed by atoms with Gasteiger partial charge in [-0.25, -0.2) is 0 Å². The summed E-state index contributed by atoms with van der Waals surface area (Å²) < 4.78 is 13.5. The van der Waals surface area contributed by atoms with E-state index in [0.717, 1.165) is 6.07 Å². The number of rotatable bonds is 6. The Hall–Kier alpha value is -1.69. The summed E-state index contributed by atoms with van der Waals surface area (Å²) in [4.78, 5) is 11.9. The van der Waals surface area contributed by atoms with Gasteiger partial charge in [-0.15, -0.1) is 0 Å². The average molecular weight is 256 g/mol. The Morgan fingerprint density at radius 3 is 2.67 bits per heavy atom. The number of anilines is 1. The number of hydrogen-bond acceptors (Lipinski definition) is 4. The molecule has 0 atom stereocenters. The van der Waals surface area contributed by atoms with Crippen LogP contribution in [0.1, 0.15) is 20.3 Å².